The third-order valence-corrected chi connectivity index (χ3v) is 4.79. The van der Waals surface area contributed by atoms with Gasteiger partial charge in [-0.3, -0.25) is 26.0 Å². The number of nitrogens with one attached hydrogen (secondary N) is 3. The topological polar surface area (TPSA) is 62.4 Å². The van der Waals surface area contributed by atoms with Gasteiger partial charge in [0.25, 0.3) is 0 Å². The number of carbonyl (C=O) groups is 1. The second-order valence-electron chi connectivity index (χ2n) is 6.81. The Morgan fingerprint density at radius 2 is 1.67 bits per heavy atom. The predicted octanol–water partition coefficient (Wildman–Crippen LogP) is 5.86. The molecule has 0 fully saturated rings. The molecule has 0 radical (unpaired) electrons. The van der Waals surface area contributed by atoms with Crippen molar-refractivity contribution in [1.82, 2.24) is 10.9 Å². The van der Waals surface area contributed by atoms with E-state index >= 15 is 0 Å². The Labute approximate surface area is 191 Å². The molecule has 178 valence electrons. The zero-order chi connectivity index (χ0) is 24.6. The molecule has 1 aliphatic rings. The van der Waals surface area contributed by atoms with Crippen molar-refractivity contribution in [2.75, 3.05) is 5.43 Å². The number of hydrogen-bond acceptors (Lipinski definition) is 4. The number of hydroxylamine groups is 1. The molecular formula is C19H12Cl2F7N3O2. The van der Waals surface area contributed by atoms with Gasteiger partial charge in [0.15, 0.2) is 0 Å². The Hall–Kier alpha value is -2.70. The van der Waals surface area contributed by atoms with Crippen molar-refractivity contribution in [2.45, 2.75) is 24.4 Å². The minimum Gasteiger partial charge on any atom is -0.296 e. The monoisotopic (exact) mass is 517 g/mol. The lowest BCUT2D eigenvalue weighted by molar-refractivity contribution is -0.269. The van der Waals surface area contributed by atoms with Gasteiger partial charge >= 0.3 is 12.4 Å². The van der Waals surface area contributed by atoms with Crippen LogP contribution in [0, 0.1) is 5.82 Å². The van der Waals surface area contributed by atoms with Crippen molar-refractivity contribution < 1.29 is 40.4 Å². The Morgan fingerprint density at radius 3 is 2.24 bits per heavy atom. The van der Waals surface area contributed by atoms with Crippen LogP contribution < -0.4 is 16.3 Å². The maximum atomic E-state index is 14.0. The molecule has 2 aromatic rings. The number of amides is 1. The third kappa shape index (κ3) is 5.63. The molecule has 0 bridgehead atoms. The number of hydrazine groups is 1. The van der Waals surface area contributed by atoms with Crippen molar-refractivity contribution in [1.29, 1.82) is 0 Å². The van der Waals surface area contributed by atoms with Gasteiger partial charge in [0, 0.05) is 21.2 Å². The van der Waals surface area contributed by atoms with Crippen LogP contribution in [-0.4, -0.2) is 18.3 Å². The number of halogens is 9. The van der Waals surface area contributed by atoms with Crippen LogP contribution in [0.1, 0.15) is 17.5 Å². The standard InChI is InChI=1S/C19H12Cl2F7N3O2/c20-11-4-10(5-12(21)6-11)17(19(26,27)28)7-15(31-33-17)9-1-2-13(22)14(3-9)29-30-16(32)8-18(23,24)25/h1-7,29,31H,8H2,(H,30,32). The number of hydrogen-bond donors (Lipinski definition) is 3. The lowest BCUT2D eigenvalue weighted by Crippen LogP contribution is -2.42. The van der Waals surface area contributed by atoms with E-state index in [1.54, 1.807) is 5.43 Å². The summed E-state index contributed by atoms with van der Waals surface area (Å²) in [5, 5.41) is -0.149. The van der Waals surface area contributed by atoms with E-state index < -0.39 is 47.3 Å². The van der Waals surface area contributed by atoms with Gasteiger partial charge in [0.1, 0.15) is 12.2 Å². The van der Waals surface area contributed by atoms with Crippen LogP contribution in [-0.2, 0) is 15.2 Å². The highest BCUT2D eigenvalue weighted by atomic mass is 35.5. The average Bonchev–Trinajstić information content (AvgIpc) is 3.12. The van der Waals surface area contributed by atoms with Crippen LogP contribution in [0.4, 0.5) is 36.4 Å². The molecule has 1 unspecified atom stereocenters. The van der Waals surface area contributed by atoms with Crippen molar-refractivity contribution in [2.24, 2.45) is 0 Å². The van der Waals surface area contributed by atoms with Gasteiger partial charge in [-0.2, -0.15) is 26.3 Å². The number of rotatable bonds is 5. The fraction of sp³-hybridized carbons (Fsp3) is 0.211. The van der Waals surface area contributed by atoms with Gasteiger partial charge in [-0.1, -0.05) is 23.2 Å². The first-order valence-electron chi connectivity index (χ1n) is 8.82. The molecule has 5 nitrogen and oxygen atoms in total. The van der Waals surface area contributed by atoms with Gasteiger partial charge in [-0.25, -0.2) is 4.39 Å². The van der Waals surface area contributed by atoms with E-state index in [4.69, 9.17) is 28.0 Å². The van der Waals surface area contributed by atoms with E-state index in [9.17, 15) is 35.5 Å². The minimum absolute atomic E-state index is 0.0387. The molecule has 0 saturated carbocycles. The first-order valence-corrected chi connectivity index (χ1v) is 9.57. The highest BCUT2D eigenvalue weighted by molar-refractivity contribution is 6.34. The summed E-state index contributed by atoms with van der Waals surface area (Å²) in [7, 11) is 0. The molecule has 0 aromatic heterocycles. The smallest absolute Gasteiger partial charge is 0.296 e. The molecule has 33 heavy (non-hydrogen) atoms. The summed E-state index contributed by atoms with van der Waals surface area (Å²) in [6, 6.07) is 6.14. The van der Waals surface area contributed by atoms with Crippen molar-refractivity contribution in [3.63, 3.8) is 0 Å². The summed E-state index contributed by atoms with van der Waals surface area (Å²) >= 11 is 11.7. The van der Waals surface area contributed by atoms with E-state index in [0.29, 0.717) is 6.08 Å². The molecule has 1 atom stereocenters. The van der Waals surface area contributed by atoms with Crippen LogP contribution in [0.15, 0.2) is 42.5 Å². The van der Waals surface area contributed by atoms with E-state index in [-0.39, 0.29) is 21.3 Å². The predicted molar refractivity (Wildman–Crippen MR) is 105 cm³/mol. The van der Waals surface area contributed by atoms with E-state index in [1.165, 1.54) is 6.07 Å². The largest absolute Gasteiger partial charge is 0.428 e. The SMILES string of the molecule is O=C(CC(F)(F)F)NNc1cc(C2=CC(c3cc(Cl)cc(Cl)c3)(C(F)(F)F)ON2)ccc1F. The molecule has 1 aliphatic heterocycles. The Bertz CT molecular complexity index is 1090. The number of alkyl halides is 6. The van der Waals surface area contributed by atoms with Crippen LogP contribution in [0.2, 0.25) is 10.0 Å². The zero-order valence-corrected chi connectivity index (χ0v) is 17.5. The van der Waals surface area contributed by atoms with Gasteiger partial charge in [0.2, 0.25) is 11.5 Å². The first kappa shape index (κ1) is 24.9. The molecule has 14 heteroatoms. The fourth-order valence-electron chi connectivity index (χ4n) is 2.91. The maximum absolute atomic E-state index is 14.0. The normalized spacial score (nSPS) is 18.5. The Kier molecular flexibility index (Phi) is 6.74. The Morgan fingerprint density at radius 1 is 1.03 bits per heavy atom. The van der Waals surface area contributed by atoms with Gasteiger partial charge in [-0.15, -0.1) is 0 Å². The van der Waals surface area contributed by atoms with Crippen molar-refractivity contribution >= 4 is 40.5 Å². The third-order valence-electron chi connectivity index (χ3n) is 4.36. The highest BCUT2D eigenvalue weighted by Gasteiger charge is 2.59. The minimum atomic E-state index is -4.98. The molecule has 3 N–H and O–H groups in total. The van der Waals surface area contributed by atoms with E-state index in [1.807, 2.05) is 5.43 Å². The Balaban J connectivity index is 1.93. The first-order chi connectivity index (χ1) is 15.2. The average molecular weight is 518 g/mol. The molecule has 0 spiro atoms. The lowest BCUT2D eigenvalue weighted by Gasteiger charge is -2.28. The summed E-state index contributed by atoms with van der Waals surface area (Å²) in [4.78, 5) is 16.2. The molecule has 0 saturated heterocycles. The number of carbonyl (C=O) groups excluding carboxylic acids is 1. The van der Waals surface area contributed by atoms with Gasteiger partial charge < -0.3 is 0 Å². The van der Waals surface area contributed by atoms with Crippen molar-refractivity contribution in [3.8, 4) is 0 Å². The summed E-state index contributed by atoms with van der Waals surface area (Å²) in [5.74, 6) is -2.49. The lowest BCUT2D eigenvalue weighted by atomic mass is 9.91. The molecular weight excluding hydrogens is 506 g/mol. The quantitative estimate of drug-likeness (QED) is 0.343. The van der Waals surface area contributed by atoms with Crippen LogP contribution >= 0.6 is 23.2 Å². The number of anilines is 1. The van der Waals surface area contributed by atoms with E-state index in [0.717, 1.165) is 30.3 Å². The number of benzene rings is 2. The molecule has 1 amide bonds. The molecule has 3 rings (SSSR count). The van der Waals surface area contributed by atoms with Crippen LogP contribution in [0.25, 0.3) is 5.70 Å². The summed E-state index contributed by atoms with van der Waals surface area (Å²) in [6.45, 7) is 0. The summed E-state index contributed by atoms with van der Waals surface area (Å²) in [6.07, 6.45) is -10.9. The molecule has 2 aromatic carbocycles. The summed E-state index contributed by atoms with van der Waals surface area (Å²) < 4.78 is 92.8. The summed E-state index contributed by atoms with van der Waals surface area (Å²) in [5.41, 5.74) is 1.54. The van der Waals surface area contributed by atoms with Gasteiger partial charge in [0.05, 0.1) is 11.4 Å². The molecule has 1 heterocycles. The highest BCUT2D eigenvalue weighted by Crippen LogP contribution is 2.48. The zero-order valence-electron chi connectivity index (χ0n) is 16.0. The molecule has 0 aliphatic carbocycles. The second-order valence-corrected chi connectivity index (χ2v) is 7.69. The van der Waals surface area contributed by atoms with E-state index in [2.05, 4.69) is 5.48 Å². The fourth-order valence-corrected chi connectivity index (χ4v) is 3.43. The second kappa shape index (κ2) is 8.92. The maximum Gasteiger partial charge on any atom is 0.428 e. The van der Waals surface area contributed by atoms with Crippen molar-refractivity contribution in [3.05, 3.63) is 69.5 Å². The van der Waals surface area contributed by atoms with Crippen LogP contribution in [0.5, 0.6) is 0 Å². The van der Waals surface area contributed by atoms with Gasteiger partial charge in [-0.05, 0) is 42.5 Å². The van der Waals surface area contributed by atoms with Crippen LogP contribution in [0.3, 0.4) is 0 Å².